The number of fused-ring (bicyclic) bond motifs is 1. The van der Waals surface area contributed by atoms with Crippen molar-refractivity contribution in [3.05, 3.63) is 57.0 Å². The number of rotatable bonds is 7. The molecule has 0 bridgehead atoms. The van der Waals surface area contributed by atoms with E-state index in [9.17, 15) is 27.9 Å². The molecule has 0 aliphatic heterocycles. The predicted octanol–water partition coefficient (Wildman–Crippen LogP) is 1.92. The van der Waals surface area contributed by atoms with Crippen LogP contribution in [0.15, 0.2) is 39.3 Å². The summed E-state index contributed by atoms with van der Waals surface area (Å²) in [5.74, 6) is -1.92. The fourth-order valence-corrected chi connectivity index (χ4v) is 4.80. The van der Waals surface area contributed by atoms with E-state index in [1.54, 1.807) is 19.1 Å². The molecule has 158 valence electrons. The summed E-state index contributed by atoms with van der Waals surface area (Å²) in [6.07, 6.45) is 0.988. The second kappa shape index (κ2) is 8.36. The molecule has 0 radical (unpaired) electrons. The number of amides is 1. The van der Waals surface area contributed by atoms with Crippen LogP contribution in [0.1, 0.15) is 35.1 Å². The van der Waals surface area contributed by atoms with E-state index in [0.717, 1.165) is 21.5 Å². The summed E-state index contributed by atoms with van der Waals surface area (Å²) in [7, 11) is -4.12. The van der Waals surface area contributed by atoms with Crippen molar-refractivity contribution in [2.75, 3.05) is 0 Å². The number of benzene rings is 1. The smallest absolute Gasteiger partial charge is 0.337 e. The number of carboxylic acid groups (broad SMARTS) is 1. The molecule has 0 fully saturated rings. The van der Waals surface area contributed by atoms with Gasteiger partial charge < -0.3 is 5.11 Å². The van der Waals surface area contributed by atoms with E-state index in [1.807, 2.05) is 11.6 Å². The number of hydrogen-bond acceptors (Lipinski definition) is 7. The Bertz CT molecular complexity index is 1290. The number of carbonyl (C=O) groups excluding carboxylic acids is 1. The molecular weight excluding hydrogens is 430 g/mol. The van der Waals surface area contributed by atoms with Crippen molar-refractivity contribution in [1.82, 2.24) is 14.3 Å². The molecule has 9 nitrogen and oxygen atoms in total. The molecule has 2 aromatic heterocycles. The van der Waals surface area contributed by atoms with Gasteiger partial charge in [-0.05, 0) is 25.5 Å². The number of carbonyl (C=O) groups is 2. The molecule has 0 unspecified atom stereocenters. The first-order valence-electron chi connectivity index (χ1n) is 9.00. The van der Waals surface area contributed by atoms with Gasteiger partial charge in [-0.25, -0.2) is 22.9 Å². The van der Waals surface area contributed by atoms with Crippen molar-refractivity contribution < 1.29 is 23.1 Å². The SMILES string of the molecule is CCCc1nc2scc(C(=O)O)c2c(=O)n1CC(=O)NS(=O)(=O)c1ccc(C)cc1. The minimum absolute atomic E-state index is 0.0813. The molecule has 2 heterocycles. The summed E-state index contributed by atoms with van der Waals surface area (Å²) in [5.41, 5.74) is -0.0256. The molecule has 30 heavy (non-hydrogen) atoms. The van der Waals surface area contributed by atoms with Crippen molar-refractivity contribution in [1.29, 1.82) is 0 Å². The van der Waals surface area contributed by atoms with Crippen LogP contribution in [0.3, 0.4) is 0 Å². The van der Waals surface area contributed by atoms with Crippen molar-refractivity contribution in [2.24, 2.45) is 0 Å². The number of aromatic nitrogens is 2. The van der Waals surface area contributed by atoms with Gasteiger partial charge in [0.25, 0.3) is 21.5 Å². The van der Waals surface area contributed by atoms with Gasteiger partial charge in [-0.1, -0.05) is 24.6 Å². The predicted molar refractivity (Wildman–Crippen MR) is 111 cm³/mol. The zero-order chi connectivity index (χ0) is 22.1. The summed E-state index contributed by atoms with van der Waals surface area (Å²) < 4.78 is 27.9. The Morgan fingerprint density at radius 1 is 1.23 bits per heavy atom. The lowest BCUT2D eigenvalue weighted by atomic mass is 10.2. The number of hydrogen-bond donors (Lipinski definition) is 2. The maximum Gasteiger partial charge on any atom is 0.337 e. The highest BCUT2D eigenvalue weighted by Gasteiger charge is 2.23. The normalized spacial score (nSPS) is 11.5. The van der Waals surface area contributed by atoms with Gasteiger partial charge in [0, 0.05) is 11.8 Å². The lowest BCUT2D eigenvalue weighted by molar-refractivity contribution is -0.120. The average Bonchev–Trinajstić information content (AvgIpc) is 3.09. The first-order valence-corrected chi connectivity index (χ1v) is 11.4. The standard InChI is InChI=1S/C19H19N3O6S2/c1-3-4-14-20-17-16(13(10-29-17)19(25)26)18(24)22(14)9-15(23)21-30(27,28)12-7-5-11(2)6-8-12/h5-8,10H,3-4,9H2,1-2H3,(H,21,23)(H,25,26). The van der Waals surface area contributed by atoms with Crippen molar-refractivity contribution in [2.45, 2.75) is 38.1 Å². The average molecular weight is 450 g/mol. The summed E-state index contributed by atoms with van der Waals surface area (Å²) in [6.45, 7) is 3.06. The van der Waals surface area contributed by atoms with E-state index in [1.165, 1.54) is 17.5 Å². The van der Waals surface area contributed by atoms with E-state index in [0.29, 0.717) is 12.8 Å². The quantitative estimate of drug-likeness (QED) is 0.562. The summed E-state index contributed by atoms with van der Waals surface area (Å²) in [4.78, 5) is 41.4. The fraction of sp³-hybridized carbons (Fsp3) is 0.263. The Hall–Kier alpha value is -3.05. The minimum Gasteiger partial charge on any atom is -0.478 e. The number of carboxylic acids is 1. The van der Waals surface area contributed by atoms with Gasteiger partial charge in [-0.15, -0.1) is 11.3 Å². The Labute approximate surface area is 176 Å². The van der Waals surface area contributed by atoms with Gasteiger partial charge in [0.05, 0.1) is 15.8 Å². The molecular formula is C19H19N3O6S2. The number of nitrogens with zero attached hydrogens (tertiary/aromatic N) is 2. The van der Waals surface area contributed by atoms with Crippen LogP contribution >= 0.6 is 11.3 Å². The van der Waals surface area contributed by atoms with Crippen molar-refractivity contribution in [3.8, 4) is 0 Å². The molecule has 0 aliphatic rings. The maximum absolute atomic E-state index is 13.0. The number of sulfonamides is 1. The summed E-state index contributed by atoms with van der Waals surface area (Å²) in [5, 5.41) is 10.5. The Kier molecular flexibility index (Phi) is 6.04. The highest BCUT2D eigenvalue weighted by molar-refractivity contribution is 7.90. The molecule has 2 N–H and O–H groups in total. The second-order valence-corrected chi connectivity index (χ2v) is 9.19. The molecule has 0 saturated carbocycles. The summed E-state index contributed by atoms with van der Waals surface area (Å²) in [6, 6.07) is 5.95. The molecule has 0 spiro atoms. The third-order valence-corrected chi connectivity index (χ3v) is 6.62. The van der Waals surface area contributed by atoms with Gasteiger partial charge >= 0.3 is 5.97 Å². The maximum atomic E-state index is 13.0. The Morgan fingerprint density at radius 2 is 1.90 bits per heavy atom. The third kappa shape index (κ3) is 4.26. The summed E-state index contributed by atoms with van der Waals surface area (Å²) >= 11 is 1.03. The molecule has 0 saturated heterocycles. The third-order valence-electron chi connectivity index (χ3n) is 4.36. The minimum atomic E-state index is -4.12. The van der Waals surface area contributed by atoms with Crippen LogP contribution in [-0.2, 0) is 27.8 Å². The monoisotopic (exact) mass is 449 g/mol. The van der Waals surface area contributed by atoms with Crippen molar-refractivity contribution >= 4 is 43.5 Å². The van der Waals surface area contributed by atoms with Gasteiger partial charge in [0.15, 0.2) is 0 Å². The van der Waals surface area contributed by atoms with Crippen LogP contribution < -0.4 is 10.3 Å². The van der Waals surface area contributed by atoms with Crippen LogP contribution in [0.25, 0.3) is 10.2 Å². The van der Waals surface area contributed by atoms with E-state index in [-0.39, 0.29) is 26.5 Å². The molecule has 1 aromatic carbocycles. The van der Waals surface area contributed by atoms with E-state index in [2.05, 4.69) is 4.98 Å². The van der Waals surface area contributed by atoms with Crippen LogP contribution in [0.2, 0.25) is 0 Å². The molecule has 3 rings (SSSR count). The lowest BCUT2D eigenvalue weighted by Crippen LogP contribution is -2.37. The molecule has 0 aliphatic carbocycles. The Balaban J connectivity index is 1.98. The first-order chi connectivity index (χ1) is 14.1. The van der Waals surface area contributed by atoms with Crippen LogP contribution in [0.5, 0.6) is 0 Å². The topological polar surface area (TPSA) is 135 Å². The van der Waals surface area contributed by atoms with E-state index in [4.69, 9.17) is 0 Å². The molecule has 11 heteroatoms. The number of aryl methyl sites for hydroxylation is 2. The van der Waals surface area contributed by atoms with Crippen LogP contribution in [0, 0.1) is 6.92 Å². The van der Waals surface area contributed by atoms with Gasteiger partial charge in [0.1, 0.15) is 17.2 Å². The number of thiophene rings is 1. The fourth-order valence-electron chi connectivity index (χ4n) is 2.90. The van der Waals surface area contributed by atoms with E-state index < -0.39 is 34.0 Å². The molecule has 3 aromatic rings. The number of nitrogens with one attached hydrogen (secondary N) is 1. The van der Waals surface area contributed by atoms with Gasteiger partial charge in [-0.3, -0.25) is 14.2 Å². The number of aromatic carboxylic acids is 1. The first kappa shape index (κ1) is 21.7. The van der Waals surface area contributed by atoms with Gasteiger partial charge in [0.2, 0.25) is 0 Å². The molecule has 1 amide bonds. The van der Waals surface area contributed by atoms with Crippen LogP contribution in [0.4, 0.5) is 0 Å². The zero-order valence-corrected chi connectivity index (χ0v) is 17.8. The largest absolute Gasteiger partial charge is 0.478 e. The second-order valence-electron chi connectivity index (χ2n) is 6.65. The molecule has 0 atom stereocenters. The van der Waals surface area contributed by atoms with Gasteiger partial charge in [-0.2, -0.15) is 0 Å². The van der Waals surface area contributed by atoms with E-state index >= 15 is 0 Å². The van der Waals surface area contributed by atoms with Crippen molar-refractivity contribution in [3.63, 3.8) is 0 Å². The van der Waals surface area contributed by atoms with Crippen LogP contribution in [-0.4, -0.2) is 35.0 Å². The zero-order valence-electron chi connectivity index (χ0n) is 16.2. The Morgan fingerprint density at radius 3 is 2.50 bits per heavy atom. The lowest BCUT2D eigenvalue weighted by Gasteiger charge is -2.13. The highest BCUT2D eigenvalue weighted by atomic mass is 32.2. The highest BCUT2D eigenvalue weighted by Crippen LogP contribution is 2.22.